The van der Waals surface area contributed by atoms with Crippen molar-refractivity contribution in [2.75, 3.05) is 13.6 Å². The van der Waals surface area contributed by atoms with Crippen molar-refractivity contribution in [3.05, 3.63) is 107 Å². The van der Waals surface area contributed by atoms with Crippen molar-refractivity contribution in [2.45, 2.75) is 38.3 Å². The van der Waals surface area contributed by atoms with Gasteiger partial charge in [0.1, 0.15) is 0 Å². The molecule has 0 aliphatic carbocycles. The third kappa shape index (κ3) is 5.67. The maximum absolute atomic E-state index is 12.2. The molecule has 0 spiro atoms. The Bertz CT molecular complexity index is 1720. The number of benzene rings is 3. The fourth-order valence-corrected chi connectivity index (χ4v) is 6.58. The number of nitrogens with zero attached hydrogens (tertiary/aromatic N) is 2. The molecule has 38 heavy (non-hydrogen) atoms. The molecule has 3 aromatic carbocycles. The van der Waals surface area contributed by atoms with Crippen molar-refractivity contribution >= 4 is 41.2 Å². The van der Waals surface area contributed by atoms with E-state index in [1.807, 2.05) is 77.4 Å². The van der Waals surface area contributed by atoms with Gasteiger partial charge in [0.25, 0.3) is 0 Å². The molecular formula is C30H30N2O4S2. The minimum atomic E-state index is -2.37. The van der Waals surface area contributed by atoms with E-state index in [9.17, 15) is 16.8 Å². The highest BCUT2D eigenvalue weighted by atomic mass is 32.2. The SMILES string of the molecule is CN1CCC[C@@H]1Cc1cn(CC(c2ccccc2)=S(=O)=O)c2ccc(CC(c3ccccc3)=S(=O)=O)cc12. The van der Waals surface area contributed by atoms with Gasteiger partial charge in [0.05, 0.1) is 16.3 Å². The van der Waals surface area contributed by atoms with Crippen LogP contribution in [0.1, 0.15) is 35.1 Å². The highest BCUT2D eigenvalue weighted by Gasteiger charge is 2.23. The highest BCUT2D eigenvalue weighted by molar-refractivity contribution is 7.73. The minimum absolute atomic E-state index is 0.225. The average Bonchev–Trinajstić information content (AvgIpc) is 3.49. The maximum atomic E-state index is 12.2. The Labute approximate surface area is 226 Å². The Morgan fingerprint density at radius 3 is 2.05 bits per heavy atom. The fourth-order valence-electron chi connectivity index (χ4n) is 5.40. The summed E-state index contributed by atoms with van der Waals surface area (Å²) in [6, 6.07) is 24.7. The van der Waals surface area contributed by atoms with Gasteiger partial charge in [0.15, 0.2) is 0 Å². The van der Waals surface area contributed by atoms with Gasteiger partial charge in [0, 0.05) is 29.6 Å². The molecule has 8 heteroatoms. The summed E-state index contributed by atoms with van der Waals surface area (Å²) in [7, 11) is -2.57. The quantitative estimate of drug-likeness (QED) is 0.247. The van der Waals surface area contributed by atoms with Crippen LogP contribution in [0.3, 0.4) is 0 Å². The Hall–Kier alpha value is -3.46. The summed E-state index contributed by atoms with van der Waals surface area (Å²) >= 11 is 0. The summed E-state index contributed by atoms with van der Waals surface area (Å²) in [6.45, 7) is 1.29. The molecule has 0 bridgehead atoms. The zero-order chi connectivity index (χ0) is 26.6. The van der Waals surface area contributed by atoms with E-state index >= 15 is 0 Å². The van der Waals surface area contributed by atoms with Gasteiger partial charge in [-0.25, -0.2) is 0 Å². The van der Waals surface area contributed by atoms with Gasteiger partial charge in [-0.1, -0.05) is 66.7 Å². The maximum Gasteiger partial charge on any atom is 0.219 e. The van der Waals surface area contributed by atoms with E-state index in [0.29, 0.717) is 26.9 Å². The van der Waals surface area contributed by atoms with Crippen LogP contribution in [0, 0.1) is 0 Å². The summed E-state index contributed by atoms with van der Waals surface area (Å²) < 4.78 is 50.7. The molecule has 1 fully saturated rings. The van der Waals surface area contributed by atoms with Crippen LogP contribution in [-0.2, 0) is 40.0 Å². The molecule has 1 aliphatic heterocycles. The van der Waals surface area contributed by atoms with Crippen LogP contribution in [0.4, 0.5) is 0 Å². The summed E-state index contributed by atoms with van der Waals surface area (Å²) in [5, 5.41) is 1.04. The zero-order valence-electron chi connectivity index (χ0n) is 21.2. The number of aromatic nitrogens is 1. The first-order chi connectivity index (χ1) is 18.4. The highest BCUT2D eigenvalue weighted by Crippen LogP contribution is 2.28. The van der Waals surface area contributed by atoms with Crippen LogP contribution in [0.15, 0.2) is 85.1 Å². The Morgan fingerprint density at radius 2 is 1.47 bits per heavy atom. The molecule has 4 aromatic rings. The minimum Gasteiger partial charge on any atom is -0.342 e. The molecule has 1 aliphatic rings. The zero-order valence-corrected chi connectivity index (χ0v) is 22.9. The summed E-state index contributed by atoms with van der Waals surface area (Å²) in [4.78, 5) is 3.06. The standard InChI is InChI=1S/C30H30N2O4S2/c1-31-16-8-13-26(31)19-25-20-32(21-30(38(35)36)24-11-6-3-7-12-24)28-15-14-22(17-27(25)28)18-29(37(33)34)23-9-4-2-5-10-23/h2-7,9-12,14-15,17,20,26H,8,13,16,18-19,21H2,1H3/t26-/m1/s1. The Morgan fingerprint density at radius 1 is 0.842 bits per heavy atom. The van der Waals surface area contributed by atoms with Crippen molar-refractivity contribution in [3.8, 4) is 0 Å². The third-order valence-corrected chi connectivity index (χ3v) is 8.98. The van der Waals surface area contributed by atoms with Crippen LogP contribution < -0.4 is 0 Å². The molecule has 5 rings (SSSR count). The monoisotopic (exact) mass is 546 g/mol. The second-order valence-electron chi connectivity index (χ2n) is 9.84. The first-order valence-corrected chi connectivity index (χ1v) is 14.9. The predicted octanol–water partition coefficient (Wildman–Crippen LogP) is 4.02. The molecule has 0 saturated carbocycles. The summed E-state index contributed by atoms with van der Waals surface area (Å²) in [5.41, 5.74) is 4.35. The normalized spacial score (nSPS) is 15.6. The molecule has 0 radical (unpaired) electrons. The van der Waals surface area contributed by atoms with Gasteiger partial charge in [-0.15, -0.1) is 0 Å². The van der Waals surface area contributed by atoms with Crippen LogP contribution >= 0.6 is 0 Å². The number of rotatable bonds is 8. The van der Waals surface area contributed by atoms with Crippen molar-refractivity contribution in [1.82, 2.24) is 9.47 Å². The molecule has 2 heterocycles. The van der Waals surface area contributed by atoms with E-state index in [1.54, 1.807) is 0 Å². The Balaban J connectivity index is 1.57. The first-order valence-electron chi connectivity index (χ1n) is 12.7. The lowest BCUT2D eigenvalue weighted by Crippen LogP contribution is -2.26. The van der Waals surface area contributed by atoms with E-state index in [1.165, 1.54) is 0 Å². The topological polar surface area (TPSA) is 76.5 Å². The second-order valence-corrected chi connectivity index (χ2v) is 11.8. The van der Waals surface area contributed by atoms with Crippen molar-refractivity contribution < 1.29 is 16.8 Å². The van der Waals surface area contributed by atoms with E-state index in [0.717, 1.165) is 47.8 Å². The lowest BCUT2D eigenvalue weighted by atomic mass is 9.99. The van der Waals surface area contributed by atoms with Crippen LogP contribution in [-0.4, -0.2) is 55.7 Å². The lowest BCUT2D eigenvalue weighted by molar-refractivity contribution is 0.309. The molecule has 0 amide bonds. The molecule has 1 atom stereocenters. The summed E-state index contributed by atoms with van der Waals surface area (Å²) in [5.74, 6) is 0. The molecule has 0 N–H and O–H groups in total. The van der Waals surface area contributed by atoms with E-state index in [-0.39, 0.29) is 13.0 Å². The van der Waals surface area contributed by atoms with Crippen molar-refractivity contribution in [1.29, 1.82) is 0 Å². The van der Waals surface area contributed by atoms with Crippen molar-refractivity contribution in [2.24, 2.45) is 0 Å². The van der Waals surface area contributed by atoms with Crippen LogP contribution in [0.2, 0.25) is 0 Å². The van der Waals surface area contributed by atoms with Crippen LogP contribution in [0.25, 0.3) is 10.9 Å². The molecular weight excluding hydrogens is 516 g/mol. The Kier molecular flexibility index (Phi) is 7.93. The number of likely N-dealkylation sites (N-methyl/N-ethyl adjacent to an activating group) is 1. The second kappa shape index (κ2) is 11.5. The number of hydrogen-bond donors (Lipinski definition) is 0. The van der Waals surface area contributed by atoms with Crippen LogP contribution in [0.5, 0.6) is 0 Å². The van der Waals surface area contributed by atoms with E-state index in [2.05, 4.69) is 24.2 Å². The van der Waals surface area contributed by atoms with Gasteiger partial charge in [-0.05, 0) is 67.2 Å². The molecule has 1 saturated heterocycles. The van der Waals surface area contributed by atoms with Gasteiger partial charge >= 0.3 is 0 Å². The fraction of sp³-hybridized carbons (Fsp3) is 0.267. The number of likely N-dealkylation sites (tertiary alicyclic amines) is 1. The molecule has 0 unspecified atom stereocenters. The first kappa shape index (κ1) is 26.2. The number of fused-ring (bicyclic) bond motifs is 1. The van der Waals surface area contributed by atoms with Gasteiger partial charge in [0.2, 0.25) is 20.6 Å². The summed E-state index contributed by atoms with van der Waals surface area (Å²) in [6.07, 6.45) is 5.50. The molecule has 1 aromatic heterocycles. The van der Waals surface area contributed by atoms with Crippen molar-refractivity contribution in [3.63, 3.8) is 0 Å². The van der Waals surface area contributed by atoms with E-state index in [4.69, 9.17) is 0 Å². The number of hydrogen-bond acceptors (Lipinski definition) is 5. The molecule has 6 nitrogen and oxygen atoms in total. The molecule has 196 valence electrons. The smallest absolute Gasteiger partial charge is 0.219 e. The third-order valence-electron chi connectivity index (χ3n) is 7.43. The average molecular weight is 547 g/mol. The van der Waals surface area contributed by atoms with Gasteiger partial charge in [-0.3, -0.25) is 0 Å². The lowest BCUT2D eigenvalue weighted by Gasteiger charge is -2.18. The largest absolute Gasteiger partial charge is 0.342 e. The van der Waals surface area contributed by atoms with Gasteiger partial charge in [-0.2, -0.15) is 16.8 Å². The van der Waals surface area contributed by atoms with E-state index < -0.39 is 20.6 Å². The predicted molar refractivity (Wildman–Crippen MR) is 154 cm³/mol. The van der Waals surface area contributed by atoms with Gasteiger partial charge < -0.3 is 9.47 Å².